The lowest BCUT2D eigenvalue weighted by Crippen LogP contribution is -2.68. The molecular weight excluding hydrogens is 388 g/mol. The van der Waals surface area contributed by atoms with Crippen LogP contribution >= 0.6 is 11.8 Å². The molecule has 0 aromatic rings. The second-order valence-electron chi connectivity index (χ2n) is 7.56. The van der Waals surface area contributed by atoms with E-state index in [4.69, 9.17) is 24.7 Å². The molecule has 158 valence electrons. The van der Waals surface area contributed by atoms with Gasteiger partial charge in [-0.3, -0.25) is 14.5 Å². The summed E-state index contributed by atoms with van der Waals surface area (Å²) in [6.07, 6.45) is -1.10. The van der Waals surface area contributed by atoms with Crippen LogP contribution in [0.25, 0.3) is 0 Å². The van der Waals surface area contributed by atoms with Crippen molar-refractivity contribution in [3.05, 3.63) is 11.3 Å². The van der Waals surface area contributed by atoms with Gasteiger partial charge in [-0.15, -0.1) is 11.8 Å². The Bertz CT molecular complexity index is 659. The summed E-state index contributed by atoms with van der Waals surface area (Å²) in [5, 5.41) is -0.315. The number of β-lactam (4-membered cyclic amide) rings is 1. The molecule has 2 rings (SSSR count). The predicted molar refractivity (Wildman–Crippen MR) is 102 cm³/mol. The van der Waals surface area contributed by atoms with Crippen LogP contribution in [0.5, 0.6) is 0 Å². The van der Waals surface area contributed by atoms with Gasteiger partial charge in [0.05, 0.1) is 25.2 Å². The smallest absolute Gasteiger partial charge is 0.358 e. The molecule has 9 nitrogen and oxygen atoms in total. The Balaban J connectivity index is 2.12. The monoisotopic (exact) mass is 416 g/mol. The third-order valence-corrected chi connectivity index (χ3v) is 5.51. The summed E-state index contributed by atoms with van der Waals surface area (Å²) in [7, 11) is 1.56. The van der Waals surface area contributed by atoms with E-state index in [0.29, 0.717) is 24.5 Å². The van der Waals surface area contributed by atoms with Crippen LogP contribution in [0.1, 0.15) is 27.7 Å². The summed E-state index contributed by atoms with van der Waals surface area (Å²) >= 11 is 1.47. The quantitative estimate of drug-likeness (QED) is 0.263. The highest BCUT2D eigenvalue weighted by Gasteiger charge is 2.52. The third kappa shape index (κ3) is 5.05. The van der Waals surface area contributed by atoms with Gasteiger partial charge >= 0.3 is 11.9 Å². The minimum atomic E-state index is -1.10. The van der Waals surface area contributed by atoms with E-state index in [9.17, 15) is 14.4 Å². The van der Waals surface area contributed by atoms with Gasteiger partial charge in [-0.05, 0) is 26.3 Å². The lowest BCUT2D eigenvalue weighted by molar-refractivity contribution is -0.190. The molecule has 2 heterocycles. The maximum absolute atomic E-state index is 12.8. The number of ether oxygens (including phenoxy) is 4. The first-order valence-corrected chi connectivity index (χ1v) is 10.0. The molecule has 0 radical (unpaired) electrons. The van der Waals surface area contributed by atoms with Crippen LogP contribution in [0.15, 0.2) is 11.3 Å². The lowest BCUT2D eigenvalue weighted by atomic mass is 9.97. The molecule has 28 heavy (non-hydrogen) atoms. The van der Waals surface area contributed by atoms with Crippen LogP contribution in [0.3, 0.4) is 0 Å². The number of esters is 2. The summed E-state index contributed by atoms with van der Waals surface area (Å²) in [5.74, 6) is -1.11. The van der Waals surface area contributed by atoms with E-state index < -0.39 is 29.7 Å². The SMILES string of the molecule is COCCOCC1=C(C(=O)OC(C)OC(=O)C(C)(C)C)N2C(=O)C(N)C2SC1. The van der Waals surface area contributed by atoms with Crippen LogP contribution < -0.4 is 5.73 Å². The first-order valence-electron chi connectivity index (χ1n) is 8.99. The zero-order valence-electron chi connectivity index (χ0n) is 16.9. The average Bonchev–Trinajstić information content (AvgIpc) is 2.62. The third-order valence-electron chi connectivity index (χ3n) is 4.15. The van der Waals surface area contributed by atoms with Crippen LogP contribution in [-0.4, -0.2) is 73.1 Å². The zero-order valence-corrected chi connectivity index (χ0v) is 17.7. The van der Waals surface area contributed by atoms with Crippen LogP contribution in [0.4, 0.5) is 0 Å². The number of carbonyl (C=O) groups excluding carboxylic acids is 3. The number of rotatable bonds is 8. The van der Waals surface area contributed by atoms with Crippen LogP contribution in [0.2, 0.25) is 0 Å². The van der Waals surface area contributed by atoms with E-state index in [1.54, 1.807) is 27.9 Å². The number of amides is 1. The van der Waals surface area contributed by atoms with E-state index in [2.05, 4.69) is 0 Å². The number of nitrogens with zero attached hydrogens (tertiary/aromatic N) is 1. The van der Waals surface area contributed by atoms with Gasteiger partial charge < -0.3 is 24.7 Å². The number of methoxy groups -OCH3 is 1. The fourth-order valence-corrected chi connectivity index (χ4v) is 3.85. The molecule has 1 fully saturated rings. The Hall–Kier alpha value is -1.62. The Kier molecular flexibility index (Phi) is 7.49. The Morgan fingerprint density at radius 1 is 1.29 bits per heavy atom. The van der Waals surface area contributed by atoms with Gasteiger partial charge in [0.2, 0.25) is 12.2 Å². The molecule has 0 aromatic carbocycles. The molecule has 3 unspecified atom stereocenters. The highest BCUT2D eigenvalue weighted by atomic mass is 32.2. The molecule has 0 bridgehead atoms. The average molecular weight is 416 g/mol. The minimum Gasteiger partial charge on any atom is -0.425 e. The van der Waals surface area contributed by atoms with Crippen molar-refractivity contribution in [2.45, 2.75) is 45.4 Å². The Morgan fingerprint density at radius 2 is 1.96 bits per heavy atom. The van der Waals surface area contributed by atoms with Crippen molar-refractivity contribution in [3.8, 4) is 0 Å². The fraction of sp³-hybridized carbons (Fsp3) is 0.722. The standard InChI is InChI=1S/C18H28N2O7S/c1-10(27-17(23)18(2,3)4)26-16(22)13-11(8-25-7-6-24-5)9-28-15-12(19)14(21)20(13)15/h10,12,15H,6-9,19H2,1-5H3. The molecule has 0 saturated carbocycles. The van der Waals surface area contributed by atoms with E-state index >= 15 is 0 Å². The highest BCUT2D eigenvalue weighted by Crippen LogP contribution is 2.40. The maximum Gasteiger partial charge on any atom is 0.358 e. The summed E-state index contributed by atoms with van der Waals surface area (Å²) in [6.45, 7) is 7.47. The van der Waals surface area contributed by atoms with Crippen molar-refractivity contribution in [2.75, 3.05) is 32.7 Å². The maximum atomic E-state index is 12.8. The van der Waals surface area contributed by atoms with Crippen molar-refractivity contribution in [3.63, 3.8) is 0 Å². The van der Waals surface area contributed by atoms with Crippen molar-refractivity contribution in [2.24, 2.45) is 11.1 Å². The van der Waals surface area contributed by atoms with Gasteiger partial charge in [-0.2, -0.15) is 0 Å². The molecule has 1 saturated heterocycles. The number of thioether (sulfide) groups is 1. The Morgan fingerprint density at radius 3 is 2.57 bits per heavy atom. The topological polar surface area (TPSA) is 117 Å². The fourth-order valence-electron chi connectivity index (χ4n) is 2.58. The lowest BCUT2D eigenvalue weighted by Gasteiger charge is -2.48. The molecule has 3 atom stereocenters. The number of hydrogen-bond donors (Lipinski definition) is 1. The second-order valence-corrected chi connectivity index (χ2v) is 8.67. The van der Waals surface area contributed by atoms with Crippen molar-refractivity contribution >= 4 is 29.6 Å². The summed E-state index contributed by atoms with van der Waals surface area (Å²) in [5.41, 5.74) is 5.85. The zero-order chi connectivity index (χ0) is 21.1. The Labute approximate surface area is 168 Å². The van der Waals surface area contributed by atoms with E-state index in [1.165, 1.54) is 23.6 Å². The molecular formula is C18H28N2O7S. The molecule has 2 N–H and O–H groups in total. The molecule has 2 aliphatic heterocycles. The molecule has 0 spiro atoms. The van der Waals surface area contributed by atoms with Gasteiger partial charge in [0.25, 0.3) is 0 Å². The summed E-state index contributed by atoms with van der Waals surface area (Å²) in [4.78, 5) is 38.3. The van der Waals surface area contributed by atoms with E-state index in [-0.39, 0.29) is 23.6 Å². The normalized spacial score (nSPS) is 23.1. The largest absolute Gasteiger partial charge is 0.425 e. The number of carbonyl (C=O) groups is 3. The number of nitrogens with two attached hydrogens (primary N) is 1. The van der Waals surface area contributed by atoms with Gasteiger partial charge in [0.15, 0.2) is 0 Å². The van der Waals surface area contributed by atoms with Gasteiger partial charge in [-0.25, -0.2) is 4.79 Å². The van der Waals surface area contributed by atoms with Crippen LogP contribution in [0, 0.1) is 5.41 Å². The van der Waals surface area contributed by atoms with Gasteiger partial charge in [0.1, 0.15) is 17.1 Å². The van der Waals surface area contributed by atoms with Gasteiger partial charge in [-0.1, -0.05) is 0 Å². The number of hydrogen-bond acceptors (Lipinski definition) is 9. The summed E-state index contributed by atoms with van der Waals surface area (Å²) in [6, 6.07) is -0.653. The van der Waals surface area contributed by atoms with Crippen molar-refractivity contribution < 1.29 is 33.3 Å². The number of fused-ring (bicyclic) bond motifs is 1. The molecule has 2 aliphatic rings. The first kappa shape index (κ1) is 22.7. The minimum absolute atomic E-state index is 0.117. The first-order chi connectivity index (χ1) is 13.1. The van der Waals surface area contributed by atoms with Crippen molar-refractivity contribution in [1.82, 2.24) is 4.90 Å². The second kappa shape index (κ2) is 9.25. The van der Waals surface area contributed by atoms with Gasteiger partial charge in [0, 0.05) is 19.8 Å². The molecule has 0 aliphatic carbocycles. The molecule has 1 amide bonds. The van der Waals surface area contributed by atoms with E-state index in [1.807, 2.05) is 0 Å². The predicted octanol–water partition coefficient (Wildman–Crippen LogP) is 0.624. The van der Waals surface area contributed by atoms with Crippen molar-refractivity contribution in [1.29, 1.82) is 0 Å². The molecule has 0 aromatic heterocycles. The summed E-state index contributed by atoms with van der Waals surface area (Å²) < 4.78 is 20.9. The van der Waals surface area contributed by atoms with E-state index in [0.717, 1.165) is 0 Å². The highest BCUT2D eigenvalue weighted by molar-refractivity contribution is 8.00. The molecule has 10 heteroatoms. The van der Waals surface area contributed by atoms with Crippen LogP contribution in [-0.2, 0) is 33.3 Å².